The molecule has 3 aliphatic rings. The van der Waals surface area contributed by atoms with Gasteiger partial charge in [-0.1, -0.05) is 25.7 Å². The molecule has 0 saturated heterocycles. The summed E-state index contributed by atoms with van der Waals surface area (Å²) in [6, 6.07) is 5.00. The summed E-state index contributed by atoms with van der Waals surface area (Å²) >= 11 is 0. The third-order valence-corrected chi connectivity index (χ3v) is 5.27. The zero-order valence-electron chi connectivity index (χ0n) is 12.7. The van der Waals surface area contributed by atoms with Crippen molar-refractivity contribution >= 4 is 0 Å². The van der Waals surface area contributed by atoms with E-state index in [1.165, 1.54) is 49.7 Å². The molecule has 1 N–H and O–H groups in total. The van der Waals surface area contributed by atoms with Gasteiger partial charge in [-0.05, 0) is 55.0 Å². The molecule has 0 spiro atoms. The molecule has 2 aliphatic heterocycles. The molecule has 4 rings (SSSR count). The molecular formula is C18H25NO2. The number of ether oxygens (including phenoxy) is 2. The molecule has 21 heavy (non-hydrogen) atoms. The van der Waals surface area contributed by atoms with Gasteiger partial charge in [-0.3, -0.25) is 0 Å². The van der Waals surface area contributed by atoms with Crippen molar-refractivity contribution in [3.63, 3.8) is 0 Å². The van der Waals surface area contributed by atoms with Crippen LogP contribution in [0, 0.1) is 5.92 Å². The highest BCUT2D eigenvalue weighted by atomic mass is 16.6. The Hall–Kier alpha value is -1.22. The van der Waals surface area contributed by atoms with E-state index < -0.39 is 0 Å². The van der Waals surface area contributed by atoms with Crippen LogP contribution in [0.3, 0.4) is 0 Å². The minimum absolute atomic E-state index is 0.516. The molecule has 0 bridgehead atoms. The van der Waals surface area contributed by atoms with E-state index in [1.807, 2.05) is 0 Å². The average Bonchev–Trinajstić information content (AvgIpc) is 2.81. The van der Waals surface area contributed by atoms with Gasteiger partial charge in [0.1, 0.15) is 13.2 Å². The fraction of sp³-hybridized carbons (Fsp3) is 0.667. The molecule has 1 aromatic carbocycles. The Labute approximate surface area is 127 Å². The van der Waals surface area contributed by atoms with Crippen LogP contribution in [0.4, 0.5) is 0 Å². The van der Waals surface area contributed by atoms with Crippen LogP contribution in [0.2, 0.25) is 0 Å². The molecule has 0 radical (unpaired) electrons. The Bertz CT molecular complexity index is 506. The molecule has 1 aromatic rings. The van der Waals surface area contributed by atoms with Crippen LogP contribution in [-0.2, 0) is 6.42 Å². The minimum atomic E-state index is 0.516. The second-order valence-electron chi connectivity index (χ2n) is 6.63. The van der Waals surface area contributed by atoms with Crippen molar-refractivity contribution in [2.45, 2.75) is 51.0 Å². The van der Waals surface area contributed by atoms with Crippen molar-refractivity contribution < 1.29 is 9.47 Å². The van der Waals surface area contributed by atoms with Gasteiger partial charge in [0.05, 0.1) is 0 Å². The van der Waals surface area contributed by atoms with Crippen LogP contribution >= 0.6 is 0 Å². The van der Waals surface area contributed by atoms with Crippen molar-refractivity contribution in [2.75, 3.05) is 19.8 Å². The number of hydrogen-bond donors (Lipinski definition) is 1. The van der Waals surface area contributed by atoms with Gasteiger partial charge >= 0.3 is 0 Å². The van der Waals surface area contributed by atoms with Gasteiger partial charge < -0.3 is 14.8 Å². The van der Waals surface area contributed by atoms with Gasteiger partial charge in [0.25, 0.3) is 0 Å². The highest BCUT2D eigenvalue weighted by molar-refractivity contribution is 5.50. The molecule has 114 valence electrons. The first-order chi connectivity index (χ1) is 10.4. The maximum Gasteiger partial charge on any atom is 0.161 e. The van der Waals surface area contributed by atoms with E-state index in [0.29, 0.717) is 19.3 Å². The van der Waals surface area contributed by atoms with Crippen LogP contribution < -0.4 is 14.8 Å². The first kappa shape index (κ1) is 13.4. The van der Waals surface area contributed by atoms with Crippen molar-refractivity contribution in [3.8, 4) is 11.5 Å². The normalized spacial score (nSPS) is 26.0. The average molecular weight is 287 g/mol. The predicted molar refractivity (Wildman–Crippen MR) is 83.1 cm³/mol. The smallest absolute Gasteiger partial charge is 0.161 e. The lowest BCUT2D eigenvalue weighted by molar-refractivity contribution is 0.170. The maximum atomic E-state index is 5.80. The van der Waals surface area contributed by atoms with Crippen molar-refractivity contribution in [3.05, 3.63) is 23.3 Å². The molecular weight excluding hydrogens is 262 g/mol. The molecule has 1 aliphatic carbocycles. The van der Waals surface area contributed by atoms with Crippen LogP contribution in [0.1, 0.15) is 55.7 Å². The zero-order chi connectivity index (χ0) is 14.1. The highest BCUT2D eigenvalue weighted by Gasteiger charge is 2.30. The molecule has 1 saturated carbocycles. The summed E-state index contributed by atoms with van der Waals surface area (Å²) in [6.45, 7) is 2.44. The van der Waals surface area contributed by atoms with Gasteiger partial charge in [0.2, 0.25) is 0 Å². The Morgan fingerprint density at radius 3 is 2.38 bits per heavy atom. The molecule has 1 atom stereocenters. The molecule has 0 amide bonds. The fourth-order valence-electron chi connectivity index (χ4n) is 4.19. The summed E-state index contributed by atoms with van der Waals surface area (Å²) in [6.07, 6.45) is 9.45. The lowest BCUT2D eigenvalue weighted by Gasteiger charge is -2.34. The van der Waals surface area contributed by atoms with Gasteiger partial charge in [-0.15, -0.1) is 0 Å². The number of fused-ring (bicyclic) bond motifs is 2. The lowest BCUT2D eigenvalue weighted by Crippen LogP contribution is -2.35. The Balaban J connectivity index is 1.66. The summed E-state index contributed by atoms with van der Waals surface area (Å²) in [5.74, 6) is 2.68. The van der Waals surface area contributed by atoms with E-state index in [0.717, 1.165) is 30.4 Å². The minimum Gasteiger partial charge on any atom is -0.486 e. The molecule has 1 unspecified atom stereocenters. The van der Waals surface area contributed by atoms with E-state index in [2.05, 4.69) is 17.4 Å². The molecule has 1 fully saturated rings. The fourth-order valence-corrected chi connectivity index (χ4v) is 4.19. The van der Waals surface area contributed by atoms with E-state index in [1.54, 1.807) is 0 Å². The van der Waals surface area contributed by atoms with Crippen LogP contribution in [0.25, 0.3) is 0 Å². The quantitative estimate of drug-likeness (QED) is 0.800. The van der Waals surface area contributed by atoms with E-state index in [9.17, 15) is 0 Å². The largest absolute Gasteiger partial charge is 0.486 e. The third kappa shape index (κ3) is 2.64. The highest BCUT2D eigenvalue weighted by Crippen LogP contribution is 2.41. The van der Waals surface area contributed by atoms with Gasteiger partial charge in [0, 0.05) is 6.04 Å². The second kappa shape index (κ2) is 5.88. The molecule has 3 nitrogen and oxygen atoms in total. The van der Waals surface area contributed by atoms with Crippen molar-refractivity contribution in [2.24, 2.45) is 5.92 Å². The SMILES string of the molecule is c1c2c(cc3c1OCCO3)C(C1CCCCCC1)NCC2. The number of hydrogen-bond acceptors (Lipinski definition) is 3. The van der Waals surface area contributed by atoms with Crippen LogP contribution in [-0.4, -0.2) is 19.8 Å². The molecule has 3 heteroatoms. The van der Waals surface area contributed by atoms with Crippen LogP contribution in [0.15, 0.2) is 12.1 Å². The van der Waals surface area contributed by atoms with E-state index in [4.69, 9.17) is 9.47 Å². The molecule has 0 aromatic heterocycles. The Morgan fingerprint density at radius 1 is 0.905 bits per heavy atom. The van der Waals surface area contributed by atoms with Crippen molar-refractivity contribution in [1.82, 2.24) is 5.32 Å². The van der Waals surface area contributed by atoms with Gasteiger partial charge in [-0.2, -0.15) is 0 Å². The van der Waals surface area contributed by atoms with Gasteiger partial charge in [-0.25, -0.2) is 0 Å². The second-order valence-corrected chi connectivity index (χ2v) is 6.63. The summed E-state index contributed by atoms with van der Waals surface area (Å²) in [7, 11) is 0. The van der Waals surface area contributed by atoms with Gasteiger partial charge in [0.15, 0.2) is 11.5 Å². The van der Waals surface area contributed by atoms with E-state index in [-0.39, 0.29) is 0 Å². The number of rotatable bonds is 1. The van der Waals surface area contributed by atoms with Crippen molar-refractivity contribution in [1.29, 1.82) is 0 Å². The lowest BCUT2D eigenvalue weighted by atomic mass is 9.82. The Kier molecular flexibility index (Phi) is 3.76. The summed E-state index contributed by atoms with van der Waals surface area (Å²) in [5, 5.41) is 3.78. The molecule has 2 heterocycles. The number of benzene rings is 1. The summed E-state index contributed by atoms with van der Waals surface area (Å²) < 4.78 is 11.5. The summed E-state index contributed by atoms with van der Waals surface area (Å²) in [5.41, 5.74) is 2.93. The first-order valence-corrected chi connectivity index (χ1v) is 8.57. The predicted octanol–water partition coefficient (Wildman–Crippen LogP) is 3.62. The first-order valence-electron chi connectivity index (χ1n) is 8.57. The van der Waals surface area contributed by atoms with Crippen LogP contribution in [0.5, 0.6) is 11.5 Å². The monoisotopic (exact) mass is 287 g/mol. The summed E-state index contributed by atoms with van der Waals surface area (Å²) in [4.78, 5) is 0. The Morgan fingerprint density at radius 2 is 1.62 bits per heavy atom. The third-order valence-electron chi connectivity index (χ3n) is 5.27. The number of nitrogens with one attached hydrogen (secondary N) is 1. The standard InChI is InChI=1S/C18H25NO2/c1-2-4-6-13(5-3-1)18-15-12-17-16(20-9-10-21-17)11-14(15)7-8-19-18/h11-13,18-19H,1-10H2. The maximum absolute atomic E-state index is 5.80. The van der Waals surface area contributed by atoms with E-state index >= 15 is 0 Å². The topological polar surface area (TPSA) is 30.5 Å². The zero-order valence-corrected chi connectivity index (χ0v) is 12.7.